The fourth-order valence-electron chi connectivity index (χ4n) is 1.67. The molecule has 0 radical (unpaired) electrons. The first-order valence-electron chi connectivity index (χ1n) is 5.63. The summed E-state index contributed by atoms with van der Waals surface area (Å²) in [6.45, 7) is 7.47. The van der Waals surface area contributed by atoms with Crippen LogP contribution in [-0.4, -0.2) is 23.4 Å². The summed E-state index contributed by atoms with van der Waals surface area (Å²) in [4.78, 5) is 6.35. The highest BCUT2D eigenvalue weighted by Crippen LogP contribution is 2.17. The van der Waals surface area contributed by atoms with Crippen LogP contribution in [0.3, 0.4) is 0 Å². The molecule has 4 nitrogen and oxygen atoms in total. The van der Waals surface area contributed by atoms with E-state index < -0.39 is 0 Å². The van der Waals surface area contributed by atoms with Gasteiger partial charge in [0.15, 0.2) is 0 Å². The van der Waals surface area contributed by atoms with Crippen molar-refractivity contribution in [1.82, 2.24) is 4.98 Å². The van der Waals surface area contributed by atoms with E-state index in [0.717, 1.165) is 18.7 Å². The zero-order chi connectivity index (χ0) is 12.1. The molecule has 0 bridgehead atoms. The van der Waals surface area contributed by atoms with Crippen LogP contribution in [0.1, 0.15) is 32.9 Å². The standard InChI is InChI=1S/C12H20N4/c1-4-7-16(9(2)3)10-5-6-15-11(8-10)12(13)14/h5-6,8-9H,4,7H2,1-3H3,(H3,13,14). The molecule has 0 saturated heterocycles. The molecule has 1 heterocycles. The minimum Gasteiger partial charge on any atom is -0.382 e. The van der Waals surface area contributed by atoms with Crippen molar-refractivity contribution >= 4 is 11.5 Å². The number of hydrogen-bond acceptors (Lipinski definition) is 3. The number of nitrogens with one attached hydrogen (secondary N) is 1. The maximum absolute atomic E-state index is 7.38. The zero-order valence-electron chi connectivity index (χ0n) is 10.2. The first kappa shape index (κ1) is 12.5. The molecule has 3 N–H and O–H groups in total. The second-order valence-corrected chi connectivity index (χ2v) is 4.10. The van der Waals surface area contributed by atoms with E-state index in [9.17, 15) is 0 Å². The van der Waals surface area contributed by atoms with Gasteiger partial charge in [-0.1, -0.05) is 6.92 Å². The largest absolute Gasteiger partial charge is 0.382 e. The summed E-state index contributed by atoms with van der Waals surface area (Å²) in [6.07, 6.45) is 2.80. The van der Waals surface area contributed by atoms with Crippen molar-refractivity contribution in [3.05, 3.63) is 24.0 Å². The number of nitrogens with two attached hydrogens (primary N) is 1. The number of aromatic nitrogens is 1. The van der Waals surface area contributed by atoms with Crippen LogP contribution < -0.4 is 10.6 Å². The van der Waals surface area contributed by atoms with Gasteiger partial charge in [-0.15, -0.1) is 0 Å². The lowest BCUT2D eigenvalue weighted by Gasteiger charge is -2.28. The molecule has 0 aromatic carbocycles. The first-order chi connectivity index (χ1) is 7.56. The molecule has 1 aromatic heterocycles. The molecule has 0 atom stereocenters. The Morgan fingerprint density at radius 1 is 1.56 bits per heavy atom. The Labute approximate surface area is 97.0 Å². The maximum Gasteiger partial charge on any atom is 0.141 e. The Hall–Kier alpha value is -1.58. The average Bonchev–Trinajstić information content (AvgIpc) is 2.25. The van der Waals surface area contributed by atoms with Gasteiger partial charge in [0, 0.05) is 24.5 Å². The summed E-state index contributed by atoms with van der Waals surface area (Å²) < 4.78 is 0. The molecule has 0 aliphatic carbocycles. The molecule has 0 spiro atoms. The summed E-state index contributed by atoms with van der Waals surface area (Å²) in [5.74, 6) is 0.0158. The summed E-state index contributed by atoms with van der Waals surface area (Å²) in [7, 11) is 0. The molecule has 0 aliphatic rings. The third-order valence-electron chi connectivity index (χ3n) is 2.44. The van der Waals surface area contributed by atoms with E-state index in [1.165, 1.54) is 0 Å². The number of nitrogen functional groups attached to an aromatic ring is 1. The Balaban J connectivity index is 3.00. The monoisotopic (exact) mass is 220 g/mol. The van der Waals surface area contributed by atoms with Crippen LogP contribution >= 0.6 is 0 Å². The number of rotatable bonds is 5. The van der Waals surface area contributed by atoms with Crippen molar-refractivity contribution in [2.24, 2.45) is 5.73 Å². The van der Waals surface area contributed by atoms with Gasteiger partial charge in [0.05, 0.1) is 0 Å². The molecule has 88 valence electrons. The summed E-state index contributed by atoms with van der Waals surface area (Å²) >= 11 is 0. The van der Waals surface area contributed by atoms with Gasteiger partial charge in [-0.3, -0.25) is 10.4 Å². The minimum atomic E-state index is 0.0158. The highest BCUT2D eigenvalue weighted by molar-refractivity contribution is 5.93. The molecule has 0 saturated carbocycles. The van der Waals surface area contributed by atoms with Gasteiger partial charge < -0.3 is 10.6 Å². The van der Waals surface area contributed by atoms with Crippen molar-refractivity contribution < 1.29 is 0 Å². The second kappa shape index (κ2) is 5.49. The van der Waals surface area contributed by atoms with Crippen LogP contribution in [0.4, 0.5) is 5.69 Å². The second-order valence-electron chi connectivity index (χ2n) is 4.10. The van der Waals surface area contributed by atoms with E-state index in [1.54, 1.807) is 6.20 Å². The summed E-state index contributed by atoms with van der Waals surface area (Å²) in [5, 5.41) is 7.38. The van der Waals surface area contributed by atoms with Crippen molar-refractivity contribution in [2.75, 3.05) is 11.4 Å². The molecule has 0 unspecified atom stereocenters. The Morgan fingerprint density at radius 2 is 2.25 bits per heavy atom. The molecule has 4 heteroatoms. The van der Waals surface area contributed by atoms with Crippen molar-refractivity contribution in [1.29, 1.82) is 5.41 Å². The highest BCUT2D eigenvalue weighted by atomic mass is 15.1. The smallest absolute Gasteiger partial charge is 0.141 e. The minimum absolute atomic E-state index is 0.0158. The van der Waals surface area contributed by atoms with Gasteiger partial charge in [0.1, 0.15) is 11.5 Å². The summed E-state index contributed by atoms with van der Waals surface area (Å²) in [5.41, 5.74) is 7.06. The van der Waals surface area contributed by atoms with Crippen LogP contribution in [0.25, 0.3) is 0 Å². The third-order valence-corrected chi connectivity index (χ3v) is 2.44. The number of pyridine rings is 1. The molecule has 1 aromatic rings. The Bertz CT molecular complexity index is 360. The van der Waals surface area contributed by atoms with Crippen molar-refractivity contribution in [2.45, 2.75) is 33.2 Å². The first-order valence-corrected chi connectivity index (χ1v) is 5.63. The van der Waals surface area contributed by atoms with Gasteiger partial charge in [0.25, 0.3) is 0 Å². The fourth-order valence-corrected chi connectivity index (χ4v) is 1.67. The Morgan fingerprint density at radius 3 is 2.75 bits per heavy atom. The lowest BCUT2D eigenvalue weighted by Crippen LogP contribution is -2.31. The van der Waals surface area contributed by atoms with Gasteiger partial charge in [0.2, 0.25) is 0 Å². The maximum atomic E-state index is 7.38. The molecule has 0 amide bonds. The average molecular weight is 220 g/mol. The van der Waals surface area contributed by atoms with Crippen molar-refractivity contribution in [3.8, 4) is 0 Å². The highest BCUT2D eigenvalue weighted by Gasteiger charge is 2.10. The number of anilines is 1. The molecule has 1 rings (SSSR count). The van der Waals surface area contributed by atoms with Crippen LogP contribution in [-0.2, 0) is 0 Å². The summed E-state index contributed by atoms with van der Waals surface area (Å²) in [6, 6.07) is 4.27. The van der Waals surface area contributed by atoms with Gasteiger partial charge in [-0.05, 0) is 32.4 Å². The van der Waals surface area contributed by atoms with E-state index in [0.29, 0.717) is 11.7 Å². The number of amidine groups is 1. The molecule has 16 heavy (non-hydrogen) atoms. The quantitative estimate of drug-likeness (QED) is 0.589. The molecular formula is C12H20N4. The van der Waals surface area contributed by atoms with Crippen LogP contribution in [0.5, 0.6) is 0 Å². The predicted octanol–water partition coefficient (Wildman–Crippen LogP) is 1.99. The van der Waals surface area contributed by atoms with Gasteiger partial charge >= 0.3 is 0 Å². The lowest BCUT2D eigenvalue weighted by molar-refractivity contribution is 0.670. The Kier molecular flexibility index (Phi) is 4.28. The molecule has 0 aliphatic heterocycles. The van der Waals surface area contributed by atoms with Gasteiger partial charge in [-0.2, -0.15) is 0 Å². The van der Waals surface area contributed by atoms with Crippen LogP contribution in [0, 0.1) is 5.41 Å². The van der Waals surface area contributed by atoms with E-state index in [1.807, 2.05) is 12.1 Å². The van der Waals surface area contributed by atoms with Gasteiger partial charge in [-0.25, -0.2) is 0 Å². The normalized spacial score (nSPS) is 10.5. The lowest BCUT2D eigenvalue weighted by atomic mass is 10.2. The SMILES string of the molecule is CCCN(c1ccnc(C(=N)N)c1)C(C)C. The molecule has 0 fully saturated rings. The van der Waals surface area contributed by atoms with Crippen LogP contribution in [0.15, 0.2) is 18.3 Å². The van der Waals surface area contributed by atoms with E-state index in [2.05, 4.69) is 30.7 Å². The predicted molar refractivity (Wildman–Crippen MR) is 68.0 cm³/mol. The van der Waals surface area contributed by atoms with E-state index >= 15 is 0 Å². The van der Waals surface area contributed by atoms with E-state index in [4.69, 9.17) is 11.1 Å². The topological polar surface area (TPSA) is 66.0 Å². The fraction of sp³-hybridized carbons (Fsp3) is 0.500. The third kappa shape index (κ3) is 2.95. The number of nitrogens with zero attached hydrogens (tertiary/aromatic N) is 2. The van der Waals surface area contributed by atoms with E-state index in [-0.39, 0.29) is 5.84 Å². The van der Waals surface area contributed by atoms with Crippen molar-refractivity contribution in [3.63, 3.8) is 0 Å². The molecular weight excluding hydrogens is 200 g/mol. The zero-order valence-corrected chi connectivity index (χ0v) is 10.2. The number of hydrogen-bond donors (Lipinski definition) is 2. The van der Waals surface area contributed by atoms with Crippen LogP contribution in [0.2, 0.25) is 0 Å².